The van der Waals surface area contributed by atoms with Crippen LogP contribution in [0.15, 0.2) is 47.6 Å². The van der Waals surface area contributed by atoms with E-state index in [2.05, 4.69) is 15.8 Å². The molecule has 0 saturated heterocycles. The minimum absolute atomic E-state index is 0.0929. The van der Waals surface area contributed by atoms with Crippen LogP contribution in [0.5, 0.6) is 17.2 Å². The fraction of sp³-hybridized carbons (Fsp3) is 0.333. The Morgan fingerprint density at radius 1 is 1.14 bits per heavy atom. The summed E-state index contributed by atoms with van der Waals surface area (Å²) in [7, 11) is 3.22. The van der Waals surface area contributed by atoms with E-state index in [4.69, 9.17) is 14.2 Å². The van der Waals surface area contributed by atoms with Gasteiger partial charge in [0.2, 0.25) is 5.91 Å². The number of thioether (sulfide) groups is 1. The smallest absolute Gasteiger partial charge is 0.226 e. The summed E-state index contributed by atoms with van der Waals surface area (Å²) in [6.07, 6.45) is 0.886. The highest BCUT2D eigenvalue weighted by Crippen LogP contribution is 2.29. The molecule has 0 radical (unpaired) electrons. The maximum absolute atomic E-state index is 12.4. The maximum atomic E-state index is 12.4. The summed E-state index contributed by atoms with van der Waals surface area (Å²) in [5.74, 6) is 2.01. The number of carbonyl (C=O) groups is 1. The molecule has 0 fully saturated rings. The normalized spacial score (nSPS) is 15.3. The van der Waals surface area contributed by atoms with Gasteiger partial charge in [0.25, 0.3) is 0 Å². The van der Waals surface area contributed by atoms with Gasteiger partial charge in [0.05, 0.1) is 27.2 Å². The lowest BCUT2D eigenvalue weighted by molar-refractivity contribution is -0.120. The van der Waals surface area contributed by atoms with Crippen molar-refractivity contribution in [3.05, 3.63) is 53.6 Å². The van der Waals surface area contributed by atoms with Crippen molar-refractivity contribution in [3.63, 3.8) is 0 Å². The summed E-state index contributed by atoms with van der Waals surface area (Å²) >= 11 is 1.49. The molecule has 7 nitrogen and oxygen atoms in total. The third kappa shape index (κ3) is 5.57. The van der Waals surface area contributed by atoms with E-state index in [0.717, 1.165) is 21.9 Å². The van der Waals surface area contributed by atoms with Gasteiger partial charge in [0.1, 0.15) is 10.8 Å². The van der Waals surface area contributed by atoms with E-state index < -0.39 is 0 Å². The fourth-order valence-electron chi connectivity index (χ4n) is 2.94. The van der Waals surface area contributed by atoms with Gasteiger partial charge in [-0.1, -0.05) is 36.0 Å². The van der Waals surface area contributed by atoms with Crippen LogP contribution in [-0.4, -0.2) is 37.3 Å². The van der Waals surface area contributed by atoms with E-state index in [1.165, 1.54) is 11.8 Å². The molecular formula is C21H25N3O4S. The molecule has 0 spiro atoms. The largest absolute Gasteiger partial charge is 0.494 e. The van der Waals surface area contributed by atoms with Crippen LogP contribution in [0.2, 0.25) is 0 Å². The zero-order valence-corrected chi connectivity index (χ0v) is 17.5. The summed E-state index contributed by atoms with van der Waals surface area (Å²) in [5.41, 5.74) is 4.58. The van der Waals surface area contributed by atoms with Crippen molar-refractivity contribution in [2.75, 3.05) is 20.8 Å². The average molecular weight is 416 g/mol. The van der Waals surface area contributed by atoms with E-state index in [1.54, 1.807) is 14.2 Å². The molecule has 2 N–H and O–H groups in total. The molecule has 29 heavy (non-hydrogen) atoms. The Morgan fingerprint density at radius 3 is 2.69 bits per heavy atom. The van der Waals surface area contributed by atoms with Gasteiger partial charge in [-0.25, -0.2) is 0 Å². The Bertz CT molecular complexity index is 888. The van der Waals surface area contributed by atoms with E-state index in [1.807, 2.05) is 49.4 Å². The quantitative estimate of drug-likeness (QED) is 0.655. The van der Waals surface area contributed by atoms with Gasteiger partial charge in [0.15, 0.2) is 17.0 Å². The van der Waals surface area contributed by atoms with E-state index in [0.29, 0.717) is 24.5 Å². The van der Waals surface area contributed by atoms with Crippen LogP contribution in [0, 0.1) is 0 Å². The van der Waals surface area contributed by atoms with Crippen LogP contribution in [0.1, 0.15) is 18.1 Å². The van der Waals surface area contributed by atoms with Gasteiger partial charge >= 0.3 is 0 Å². The molecule has 1 aliphatic rings. The topological polar surface area (TPSA) is 81.2 Å². The van der Waals surface area contributed by atoms with Crippen molar-refractivity contribution in [1.82, 2.24) is 10.7 Å². The SMILES string of the molecule is CCOc1ccccc1CC(=O)NC1NN=C(Cc2ccc(OC)c(OC)c2)S1. The van der Waals surface area contributed by atoms with E-state index >= 15 is 0 Å². The molecule has 0 aliphatic carbocycles. The maximum Gasteiger partial charge on any atom is 0.226 e. The first-order valence-electron chi connectivity index (χ1n) is 9.32. The molecule has 3 rings (SSSR count). The highest BCUT2D eigenvalue weighted by molar-refractivity contribution is 8.14. The molecule has 0 aromatic heterocycles. The summed E-state index contributed by atoms with van der Waals surface area (Å²) in [5, 5.41) is 8.17. The zero-order chi connectivity index (χ0) is 20.6. The predicted molar refractivity (Wildman–Crippen MR) is 115 cm³/mol. The third-order valence-electron chi connectivity index (χ3n) is 4.28. The minimum atomic E-state index is -0.295. The summed E-state index contributed by atoms with van der Waals surface area (Å²) < 4.78 is 16.2. The monoisotopic (exact) mass is 415 g/mol. The Morgan fingerprint density at radius 2 is 1.93 bits per heavy atom. The Kier molecular flexibility index (Phi) is 7.24. The standard InChI is InChI=1S/C21H25N3O4S/c1-4-28-16-8-6-5-7-15(16)13-19(25)22-21-24-23-20(29-21)12-14-9-10-17(26-2)18(11-14)27-3/h5-11,21,24H,4,12-13H2,1-3H3,(H,22,25). The molecule has 2 aromatic carbocycles. The first-order valence-corrected chi connectivity index (χ1v) is 10.2. The number of methoxy groups -OCH3 is 2. The number of ether oxygens (including phenoxy) is 3. The highest BCUT2D eigenvalue weighted by Gasteiger charge is 2.22. The number of nitrogens with zero attached hydrogens (tertiary/aromatic N) is 1. The predicted octanol–water partition coefficient (Wildman–Crippen LogP) is 2.94. The molecule has 1 aliphatic heterocycles. The van der Waals surface area contributed by atoms with Gasteiger partial charge < -0.3 is 19.5 Å². The summed E-state index contributed by atoms with van der Waals surface area (Å²) in [6, 6.07) is 13.3. The number of rotatable bonds is 9. The molecule has 2 aromatic rings. The second-order valence-corrected chi connectivity index (χ2v) is 7.46. The molecule has 1 heterocycles. The molecular weight excluding hydrogens is 390 g/mol. The van der Waals surface area contributed by atoms with Gasteiger partial charge in [0, 0.05) is 12.0 Å². The number of hydrogen-bond donors (Lipinski definition) is 2. The fourth-order valence-corrected chi connectivity index (χ4v) is 3.87. The van der Waals surface area contributed by atoms with Crippen LogP contribution >= 0.6 is 11.8 Å². The van der Waals surface area contributed by atoms with Gasteiger partial charge in [-0.05, 0) is 30.7 Å². The van der Waals surface area contributed by atoms with Crippen molar-refractivity contribution in [3.8, 4) is 17.2 Å². The molecule has 0 bridgehead atoms. The Labute approximate surface area is 174 Å². The summed E-state index contributed by atoms with van der Waals surface area (Å²) in [6.45, 7) is 2.49. The first-order chi connectivity index (χ1) is 14.1. The van der Waals surface area contributed by atoms with Crippen LogP contribution < -0.4 is 25.0 Å². The van der Waals surface area contributed by atoms with Gasteiger partial charge in [-0.15, -0.1) is 0 Å². The summed E-state index contributed by atoms with van der Waals surface area (Å²) in [4.78, 5) is 12.4. The lowest BCUT2D eigenvalue weighted by atomic mass is 10.1. The van der Waals surface area contributed by atoms with Crippen molar-refractivity contribution in [1.29, 1.82) is 0 Å². The minimum Gasteiger partial charge on any atom is -0.494 e. The number of hydrogen-bond acceptors (Lipinski definition) is 7. The molecule has 1 unspecified atom stereocenters. The number of hydrazone groups is 1. The van der Waals surface area contributed by atoms with E-state index in [-0.39, 0.29) is 17.8 Å². The van der Waals surface area contributed by atoms with Crippen molar-refractivity contribution in [2.45, 2.75) is 25.3 Å². The van der Waals surface area contributed by atoms with Crippen molar-refractivity contribution < 1.29 is 19.0 Å². The average Bonchev–Trinajstić information content (AvgIpc) is 3.16. The molecule has 8 heteroatoms. The van der Waals surface area contributed by atoms with Gasteiger partial charge in [-0.2, -0.15) is 5.10 Å². The second kappa shape index (κ2) is 10.1. The number of nitrogens with one attached hydrogen (secondary N) is 2. The molecule has 1 atom stereocenters. The lowest BCUT2D eigenvalue weighted by Gasteiger charge is -2.13. The van der Waals surface area contributed by atoms with Crippen LogP contribution in [-0.2, 0) is 17.6 Å². The number of carbonyl (C=O) groups excluding carboxylic acids is 1. The highest BCUT2D eigenvalue weighted by atomic mass is 32.2. The van der Waals surface area contributed by atoms with E-state index in [9.17, 15) is 4.79 Å². The van der Waals surface area contributed by atoms with Crippen LogP contribution in [0.3, 0.4) is 0 Å². The third-order valence-corrected chi connectivity index (χ3v) is 5.25. The second-order valence-electron chi connectivity index (χ2n) is 6.28. The lowest BCUT2D eigenvalue weighted by Crippen LogP contribution is -2.39. The van der Waals surface area contributed by atoms with Crippen LogP contribution in [0.25, 0.3) is 0 Å². The number of amides is 1. The molecule has 0 saturated carbocycles. The Hall–Kier alpha value is -2.87. The molecule has 1 amide bonds. The van der Waals surface area contributed by atoms with Crippen molar-refractivity contribution >= 4 is 22.7 Å². The Balaban J connectivity index is 1.53. The first kappa shape index (κ1) is 20.9. The number of benzene rings is 2. The van der Waals surface area contributed by atoms with Crippen LogP contribution in [0.4, 0.5) is 0 Å². The number of para-hydroxylation sites is 1. The zero-order valence-electron chi connectivity index (χ0n) is 16.7. The molecule has 154 valence electrons. The van der Waals surface area contributed by atoms with Gasteiger partial charge in [-0.3, -0.25) is 10.2 Å². The van der Waals surface area contributed by atoms with Crippen molar-refractivity contribution in [2.24, 2.45) is 5.10 Å².